The van der Waals surface area contributed by atoms with Crippen LogP contribution in [0.4, 0.5) is 5.69 Å². The summed E-state index contributed by atoms with van der Waals surface area (Å²) in [6.07, 6.45) is 1.83. The lowest BCUT2D eigenvalue weighted by molar-refractivity contribution is -0.384. The minimum atomic E-state index is -0.417. The summed E-state index contributed by atoms with van der Waals surface area (Å²) in [4.78, 5) is 9.59. The normalized spacial score (nSPS) is 8.71. The molecule has 0 unspecified atom stereocenters. The minimum absolute atomic E-state index is 0.137. The third-order valence-electron chi connectivity index (χ3n) is 2.00. The van der Waals surface area contributed by atoms with Gasteiger partial charge in [-0.05, 0) is 5.56 Å². The molecule has 0 aliphatic rings. The van der Waals surface area contributed by atoms with Crippen LogP contribution in [-0.2, 0) is 0 Å². The standard InChI is InChI=1S/C8H8.C6H5NO2/c1-2-8-6-4-3-5-7-8;8-7(9)6-4-2-1-3-5-6/h2-7H,1H2;1-5H. The predicted octanol–water partition coefficient (Wildman–Crippen LogP) is 3.92. The minimum Gasteiger partial charge on any atom is -0.258 e. The molecule has 0 aliphatic heterocycles. The first-order valence-corrected chi connectivity index (χ1v) is 5.11. The van der Waals surface area contributed by atoms with Crippen molar-refractivity contribution in [2.24, 2.45) is 0 Å². The summed E-state index contributed by atoms with van der Waals surface area (Å²) < 4.78 is 0. The Kier molecular flexibility index (Phi) is 5.17. The third-order valence-corrected chi connectivity index (χ3v) is 2.00. The fourth-order valence-corrected chi connectivity index (χ4v) is 1.14. The Bertz CT molecular complexity index is 466. The zero-order valence-corrected chi connectivity index (χ0v) is 9.32. The van der Waals surface area contributed by atoms with Crippen LogP contribution in [0, 0.1) is 10.1 Å². The van der Waals surface area contributed by atoms with Gasteiger partial charge in [-0.3, -0.25) is 10.1 Å². The molecule has 3 heteroatoms. The molecule has 2 aromatic carbocycles. The van der Waals surface area contributed by atoms with E-state index in [1.165, 1.54) is 17.7 Å². The van der Waals surface area contributed by atoms with E-state index in [1.807, 2.05) is 36.4 Å². The lowest BCUT2D eigenvalue weighted by Gasteiger charge is -1.85. The van der Waals surface area contributed by atoms with Crippen LogP contribution in [-0.4, -0.2) is 4.92 Å². The van der Waals surface area contributed by atoms with Gasteiger partial charge in [0, 0.05) is 12.1 Å². The van der Waals surface area contributed by atoms with Crippen molar-refractivity contribution in [1.82, 2.24) is 0 Å². The Morgan fingerprint density at radius 1 is 0.941 bits per heavy atom. The first-order valence-electron chi connectivity index (χ1n) is 5.11. The number of nitro groups is 1. The number of nitro benzene ring substituents is 1. The van der Waals surface area contributed by atoms with Crippen LogP contribution in [0.3, 0.4) is 0 Å². The monoisotopic (exact) mass is 227 g/mol. The van der Waals surface area contributed by atoms with Gasteiger partial charge in [0.05, 0.1) is 4.92 Å². The van der Waals surface area contributed by atoms with Gasteiger partial charge in [-0.25, -0.2) is 0 Å². The number of hydrogen-bond donors (Lipinski definition) is 0. The van der Waals surface area contributed by atoms with Gasteiger partial charge in [-0.2, -0.15) is 0 Å². The van der Waals surface area contributed by atoms with Crippen LogP contribution < -0.4 is 0 Å². The Morgan fingerprint density at radius 3 is 1.71 bits per heavy atom. The fourth-order valence-electron chi connectivity index (χ4n) is 1.14. The zero-order valence-electron chi connectivity index (χ0n) is 9.32. The summed E-state index contributed by atoms with van der Waals surface area (Å²) >= 11 is 0. The first-order chi connectivity index (χ1) is 8.24. The van der Waals surface area contributed by atoms with Gasteiger partial charge in [0.15, 0.2) is 0 Å². The van der Waals surface area contributed by atoms with Crippen molar-refractivity contribution in [3.63, 3.8) is 0 Å². The molecule has 0 spiro atoms. The van der Waals surface area contributed by atoms with Crippen LogP contribution in [0.15, 0.2) is 67.2 Å². The second-order valence-corrected chi connectivity index (χ2v) is 3.21. The Morgan fingerprint density at radius 2 is 1.41 bits per heavy atom. The maximum atomic E-state index is 10.0. The van der Waals surface area contributed by atoms with Gasteiger partial charge in [-0.1, -0.05) is 61.2 Å². The van der Waals surface area contributed by atoms with Crippen molar-refractivity contribution >= 4 is 11.8 Å². The average molecular weight is 227 g/mol. The molecule has 0 saturated heterocycles. The topological polar surface area (TPSA) is 43.1 Å². The van der Waals surface area contributed by atoms with Crippen molar-refractivity contribution in [2.75, 3.05) is 0 Å². The molecule has 0 aliphatic carbocycles. The van der Waals surface area contributed by atoms with Crippen LogP contribution in [0.2, 0.25) is 0 Å². The van der Waals surface area contributed by atoms with E-state index in [0.717, 1.165) is 0 Å². The Hall–Kier alpha value is -2.42. The maximum absolute atomic E-state index is 10.0. The molecule has 0 saturated carbocycles. The molecule has 17 heavy (non-hydrogen) atoms. The highest BCUT2D eigenvalue weighted by atomic mass is 16.6. The zero-order chi connectivity index (χ0) is 12.5. The molecule has 0 bridgehead atoms. The van der Waals surface area contributed by atoms with E-state index in [2.05, 4.69) is 6.58 Å². The van der Waals surface area contributed by atoms with E-state index < -0.39 is 4.92 Å². The molecule has 86 valence electrons. The van der Waals surface area contributed by atoms with Crippen molar-refractivity contribution in [2.45, 2.75) is 0 Å². The highest BCUT2D eigenvalue weighted by Gasteiger charge is 1.98. The second kappa shape index (κ2) is 6.95. The van der Waals surface area contributed by atoms with E-state index >= 15 is 0 Å². The van der Waals surface area contributed by atoms with Gasteiger partial charge in [0.1, 0.15) is 0 Å². The quantitative estimate of drug-likeness (QED) is 0.576. The smallest absolute Gasteiger partial charge is 0.258 e. The van der Waals surface area contributed by atoms with Gasteiger partial charge >= 0.3 is 0 Å². The van der Waals surface area contributed by atoms with E-state index in [4.69, 9.17) is 0 Å². The summed E-state index contributed by atoms with van der Waals surface area (Å²) in [5.74, 6) is 0. The second-order valence-electron chi connectivity index (χ2n) is 3.21. The number of para-hydroxylation sites is 1. The van der Waals surface area contributed by atoms with E-state index in [9.17, 15) is 10.1 Å². The molecule has 0 heterocycles. The number of non-ortho nitro benzene ring substituents is 1. The molecule has 2 aromatic rings. The van der Waals surface area contributed by atoms with Crippen molar-refractivity contribution in [3.8, 4) is 0 Å². The lowest BCUT2D eigenvalue weighted by Crippen LogP contribution is -1.84. The van der Waals surface area contributed by atoms with Crippen molar-refractivity contribution in [3.05, 3.63) is 82.9 Å². The van der Waals surface area contributed by atoms with Crippen molar-refractivity contribution in [1.29, 1.82) is 0 Å². The summed E-state index contributed by atoms with van der Waals surface area (Å²) in [5, 5.41) is 10.0. The molecule has 2 rings (SSSR count). The third kappa shape index (κ3) is 4.75. The lowest BCUT2D eigenvalue weighted by atomic mass is 10.2. The summed E-state index contributed by atoms with van der Waals surface area (Å²) in [7, 11) is 0. The van der Waals surface area contributed by atoms with Gasteiger partial charge in [-0.15, -0.1) is 0 Å². The molecule has 0 N–H and O–H groups in total. The molecule has 0 fully saturated rings. The van der Waals surface area contributed by atoms with E-state index in [1.54, 1.807) is 18.2 Å². The van der Waals surface area contributed by atoms with Gasteiger partial charge < -0.3 is 0 Å². The molecule has 3 nitrogen and oxygen atoms in total. The van der Waals surface area contributed by atoms with Gasteiger partial charge in [0.25, 0.3) is 5.69 Å². The Labute approximate surface area is 100 Å². The summed E-state index contributed by atoms with van der Waals surface area (Å²) in [6, 6.07) is 18.0. The van der Waals surface area contributed by atoms with Crippen LogP contribution in [0.25, 0.3) is 6.08 Å². The van der Waals surface area contributed by atoms with Gasteiger partial charge in [0.2, 0.25) is 0 Å². The average Bonchev–Trinajstić information content (AvgIpc) is 2.41. The summed E-state index contributed by atoms with van der Waals surface area (Å²) in [5.41, 5.74) is 1.31. The number of hydrogen-bond acceptors (Lipinski definition) is 2. The van der Waals surface area contributed by atoms with Crippen molar-refractivity contribution < 1.29 is 4.92 Å². The fraction of sp³-hybridized carbons (Fsp3) is 0. The molecule has 0 atom stereocenters. The highest BCUT2D eigenvalue weighted by molar-refractivity contribution is 5.45. The molecule has 0 amide bonds. The molecule has 0 aromatic heterocycles. The largest absolute Gasteiger partial charge is 0.269 e. The maximum Gasteiger partial charge on any atom is 0.269 e. The first kappa shape index (κ1) is 12.6. The number of rotatable bonds is 2. The van der Waals surface area contributed by atoms with Crippen LogP contribution in [0.5, 0.6) is 0 Å². The SMILES string of the molecule is C=Cc1ccccc1.O=[N+]([O-])c1ccccc1. The summed E-state index contributed by atoms with van der Waals surface area (Å²) in [6.45, 7) is 3.63. The van der Waals surface area contributed by atoms with E-state index in [0.29, 0.717) is 0 Å². The predicted molar refractivity (Wildman–Crippen MR) is 69.6 cm³/mol. The van der Waals surface area contributed by atoms with E-state index in [-0.39, 0.29) is 5.69 Å². The number of benzene rings is 2. The Balaban J connectivity index is 0.000000171. The molecule has 0 radical (unpaired) electrons. The van der Waals surface area contributed by atoms with Crippen LogP contribution in [0.1, 0.15) is 5.56 Å². The van der Waals surface area contributed by atoms with Crippen LogP contribution >= 0.6 is 0 Å². The highest BCUT2D eigenvalue weighted by Crippen LogP contribution is 2.06. The number of nitrogens with zero attached hydrogens (tertiary/aromatic N) is 1. The molecular weight excluding hydrogens is 214 g/mol. The molecular formula is C14H13NO2.